The van der Waals surface area contributed by atoms with Crippen molar-refractivity contribution in [2.45, 2.75) is 43.7 Å². The normalized spacial score (nSPS) is 32.3. The van der Waals surface area contributed by atoms with Gasteiger partial charge in [-0.1, -0.05) is 12.8 Å². The van der Waals surface area contributed by atoms with Crippen LogP contribution in [0.25, 0.3) is 0 Å². The average molecular weight is 291 g/mol. The highest BCUT2D eigenvalue weighted by atomic mass is 16.5. The molecule has 1 aromatic rings. The van der Waals surface area contributed by atoms with E-state index in [2.05, 4.69) is 17.4 Å². The van der Waals surface area contributed by atoms with Gasteiger partial charge in [-0.2, -0.15) is 0 Å². The SMILES string of the molecule is COc1cc(OC)cc([C@@H]2NCC[C@@]3(O)CCCC[C@@H]23)c1. The molecule has 3 atom stereocenters. The van der Waals surface area contributed by atoms with Crippen LogP contribution >= 0.6 is 0 Å². The van der Waals surface area contributed by atoms with Crippen LogP contribution in [0.5, 0.6) is 11.5 Å². The van der Waals surface area contributed by atoms with E-state index in [-0.39, 0.29) is 12.0 Å². The van der Waals surface area contributed by atoms with E-state index in [1.807, 2.05) is 6.07 Å². The lowest BCUT2D eigenvalue weighted by atomic mass is 9.67. The molecule has 4 heteroatoms. The highest BCUT2D eigenvalue weighted by Crippen LogP contribution is 2.46. The van der Waals surface area contributed by atoms with E-state index in [0.29, 0.717) is 0 Å². The molecule has 21 heavy (non-hydrogen) atoms. The smallest absolute Gasteiger partial charge is 0.122 e. The van der Waals surface area contributed by atoms with Crippen LogP contribution in [0.4, 0.5) is 0 Å². The van der Waals surface area contributed by atoms with Crippen molar-refractivity contribution in [3.63, 3.8) is 0 Å². The number of ether oxygens (including phenoxy) is 2. The molecule has 2 N–H and O–H groups in total. The van der Waals surface area contributed by atoms with Gasteiger partial charge >= 0.3 is 0 Å². The summed E-state index contributed by atoms with van der Waals surface area (Å²) >= 11 is 0. The van der Waals surface area contributed by atoms with Crippen LogP contribution in [-0.4, -0.2) is 31.5 Å². The molecule has 116 valence electrons. The minimum absolute atomic E-state index is 0.174. The lowest BCUT2D eigenvalue weighted by Gasteiger charge is -2.48. The molecule has 0 radical (unpaired) electrons. The molecule has 4 nitrogen and oxygen atoms in total. The molecule has 1 aliphatic carbocycles. The zero-order valence-corrected chi connectivity index (χ0v) is 12.9. The monoisotopic (exact) mass is 291 g/mol. The van der Waals surface area contributed by atoms with Crippen molar-refractivity contribution in [1.82, 2.24) is 5.32 Å². The van der Waals surface area contributed by atoms with Crippen LogP contribution in [0.3, 0.4) is 0 Å². The van der Waals surface area contributed by atoms with E-state index < -0.39 is 5.60 Å². The Morgan fingerprint density at radius 3 is 2.48 bits per heavy atom. The van der Waals surface area contributed by atoms with Gasteiger partial charge in [-0.25, -0.2) is 0 Å². The number of fused-ring (bicyclic) bond motifs is 1. The molecule has 3 rings (SSSR count). The summed E-state index contributed by atoms with van der Waals surface area (Å²) in [7, 11) is 3.34. The van der Waals surface area contributed by atoms with Crippen LogP contribution < -0.4 is 14.8 Å². The van der Waals surface area contributed by atoms with Crippen LogP contribution in [0.1, 0.15) is 43.7 Å². The van der Waals surface area contributed by atoms with Gasteiger partial charge in [0.15, 0.2) is 0 Å². The second-order valence-electron chi connectivity index (χ2n) is 6.28. The summed E-state index contributed by atoms with van der Waals surface area (Å²) < 4.78 is 10.8. The van der Waals surface area contributed by atoms with Crippen molar-refractivity contribution in [3.05, 3.63) is 23.8 Å². The molecular weight excluding hydrogens is 266 g/mol. The molecular formula is C17H25NO3. The molecule has 0 spiro atoms. The van der Waals surface area contributed by atoms with Gasteiger partial charge in [-0.3, -0.25) is 0 Å². The molecule has 0 aromatic heterocycles. The van der Waals surface area contributed by atoms with Crippen molar-refractivity contribution in [3.8, 4) is 11.5 Å². The number of methoxy groups -OCH3 is 2. The standard InChI is InChI=1S/C17H25NO3/c1-20-13-9-12(10-14(11-13)21-2)16-15-5-3-4-6-17(15,19)7-8-18-16/h9-11,15-16,18-19H,3-8H2,1-2H3/t15-,16-,17-/m0/s1. The fourth-order valence-electron chi connectivity index (χ4n) is 3.98. The van der Waals surface area contributed by atoms with Crippen LogP contribution in [0.15, 0.2) is 18.2 Å². The van der Waals surface area contributed by atoms with Crippen LogP contribution in [-0.2, 0) is 0 Å². The Balaban J connectivity index is 1.94. The Hall–Kier alpha value is -1.26. The molecule has 0 bridgehead atoms. The number of rotatable bonds is 3. The third-order valence-corrected chi connectivity index (χ3v) is 5.12. The molecule has 2 fully saturated rings. The first-order chi connectivity index (χ1) is 10.2. The van der Waals surface area contributed by atoms with Crippen molar-refractivity contribution >= 4 is 0 Å². The number of benzene rings is 1. The van der Waals surface area contributed by atoms with Gasteiger partial charge in [-0.15, -0.1) is 0 Å². The molecule has 1 saturated heterocycles. The summed E-state index contributed by atoms with van der Waals surface area (Å²) in [5, 5.41) is 14.6. The molecule has 0 unspecified atom stereocenters. The second-order valence-corrected chi connectivity index (χ2v) is 6.28. The maximum Gasteiger partial charge on any atom is 0.122 e. The first-order valence-corrected chi connectivity index (χ1v) is 7.85. The van der Waals surface area contributed by atoms with Crippen LogP contribution in [0, 0.1) is 5.92 Å². The maximum atomic E-state index is 11.0. The van der Waals surface area contributed by atoms with Gasteiger partial charge in [0.1, 0.15) is 11.5 Å². The second kappa shape index (κ2) is 5.85. The molecule has 1 aliphatic heterocycles. The highest BCUT2D eigenvalue weighted by molar-refractivity contribution is 5.40. The molecule has 1 saturated carbocycles. The lowest BCUT2D eigenvalue weighted by molar-refractivity contribution is -0.0861. The molecule has 1 heterocycles. The molecule has 1 aromatic carbocycles. The minimum Gasteiger partial charge on any atom is -0.497 e. The van der Waals surface area contributed by atoms with E-state index in [1.165, 1.54) is 6.42 Å². The first kappa shape index (κ1) is 14.7. The van der Waals surface area contributed by atoms with Gasteiger partial charge < -0.3 is 19.9 Å². The summed E-state index contributed by atoms with van der Waals surface area (Å²) in [5.74, 6) is 1.88. The number of hydrogen-bond acceptors (Lipinski definition) is 4. The number of aliphatic hydroxyl groups is 1. The van der Waals surface area contributed by atoms with Gasteiger partial charge in [0.05, 0.1) is 19.8 Å². The largest absolute Gasteiger partial charge is 0.497 e. The van der Waals surface area contributed by atoms with E-state index in [9.17, 15) is 5.11 Å². The van der Waals surface area contributed by atoms with E-state index in [0.717, 1.165) is 49.3 Å². The number of hydrogen-bond donors (Lipinski definition) is 2. The Morgan fingerprint density at radius 2 is 1.81 bits per heavy atom. The lowest BCUT2D eigenvalue weighted by Crippen LogP contribution is -2.53. The predicted octanol–water partition coefficient (Wildman–Crippen LogP) is 2.66. The van der Waals surface area contributed by atoms with Gasteiger partial charge in [-0.05, 0) is 43.5 Å². The fourth-order valence-corrected chi connectivity index (χ4v) is 3.98. The topological polar surface area (TPSA) is 50.7 Å². The van der Waals surface area contributed by atoms with Crippen molar-refractivity contribution in [2.75, 3.05) is 20.8 Å². The van der Waals surface area contributed by atoms with Crippen LogP contribution in [0.2, 0.25) is 0 Å². The summed E-state index contributed by atoms with van der Waals surface area (Å²) in [5.41, 5.74) is 0.640. The predicted molar refractivity (Wildman–Crippen MR) is 81.8 cm³/mol. The van der Waals surface area contributed by atoms with Gasteiger partial charge in [0.25, 0.3) is 0 Å². The highest BCUT2D eigenvalue weighted by Gasteiger charge is 2.45. The third kappa shape index (κ3) is 2.74. The minimum atomic E-state index is -0.509. The molecule has 0 amide bonds. The van der Waals surface area contributed by atoms with Gasteiger partial charge in [0.2, 0.25) is 0 Å². The average Bonchev–Trinajstić information content (AvgIpc) is 2.53. The summed E-state index contributed by atoms with van der Waals surface area (Å²) in [6.07, 6.45) is 5.20. The zero-order chi connectivity index (χ0) is 14.9. The third-order valence-electron chi connectivity index (χ3n) is 5.12. The Labute approximate surface area is 126 Å². The fraction of sp³-hybridized carbons (Fsp3) is 0.647. The Kier molecular flexibility index (Phi) is 4.09. The quantitative estimate of drug-likeness (QED) is 0.899. The zero-order valence-electron chi connectivity index (χ0n) is 12.9. The van der Waals surface area contributed by atoms with Crippen molar-refractivity contribution in [1.29, 1.82) is 0 Å². The first-order valence-electron chi connectivity index (χ1n) is 7.85. The summed E-state index contributed by atoms with van der Waals surface area (Å²) in [6.45, 7) is 0.858. The Morgan fingerprint density at radius 1 is 1.10 bits per heavy atom. The van der Waals surface area contributed by atoms with Crippen molar-refractivity contribution in [2.24, 2.45) is 5.92 Å². The number of piperidine rings is 1. The summed E-state index contributed by atoms with van der Waals surface area (Å²) in [6, 6.07) is 6.17. The van der Waals surface area contributed by atoms with E-state index in [4.69, 9.17) is 9.47 Å². The van der Waals surface area contributed by atoms with E-state index >= 15 is 0 Å². The molecule has 2 aliphatic rings. The number of nitrogens with one attached hydrogen (secondary N) is 1. The Bertz CT molecular complexity index is 479. The van der Waals surface area contributed by atoms with Crippen molar-refractivity contribution < 1.29 is 14.6 Å². The summed E-state index contributed by atoms with van der Waals surface area (Å²) in [4.78, 5) is 0. The van der Waals surface area contributed by atoms with E-state index in [1.54, 1.807) is 14.2 Å². The maximum absolute atomic E-state index is 11.0. The van der Waals surface area contributed by atoms with Gasteiger partial charge in [0, 0.05) is 18.0 Å².